The van der Waals surface area contributed by atoms with Gasteiger partial charge in [0.15, 0.2) is 0 Å². The van der Waals surface area contributed by atoms with Crippen molar-refractivity contribution in [2.24, 2.45) is 0 Å². The maximum Gasteiger partial charge on any atom is 0.256 e. The van der Waals surface area contributed by atoms with Gasteiger partial charge in [-0.15, -0.1) is 0 Å². The molecule has 1 aliphatic heterocycles. The van der Waals surface area contributed by atoms with Crippen molar-refractivity contribution >= 4 is 11.6 Å². The van der Waals surface area contributed by atoms with Crippen LogP contribution in [0.2, 0.25) is 0 Å². The molecule has 21 heavy (non-hydrogen) atoms. The van der Waals surface area contributed by atoms with E-state index in [9.17, 15) is 4.79 Å². The van der Waals surface area contributed by atoms with E-state index in [1.165, 1.54) is 0 Å². The number of morpholine rings is 1. The van der Waals surface area contributed by atoms with Crippen molar-refractivity contribution in [2.75, 3.05) is 31.6 Å². The van der Waals surface area contributed by atoms with Crippen molar-refractivity contribution in [3.63, 3.8) is 0 Å². The Hall–Kier alpha value is -1.55. The number of rotatable bonds is 4. The standard InChI is InChI=1S/C17H26N2O2/c1-5-8-18-15-7-6-13(2)11-14(15)16(20)19-9-10-21-12-17(19,3)4/h6-7,11,18H,5,8-10,12H2,1-4H3. The Labute approximate surface area is 127 Å². The SMILES string of the molecule is CCCNc1ccc(C)cc1C(=O)N1CCOCC1(C)C. The number of aryl methyl sites for hydroxylation is 1. The molecule has 4 heteroatoms. The topological polar surface area (TPSA) is 41.6 Å². The minimum atomic E-state index is -0.263. The highest BCUT2D eigenvalue weighted by atomic mass is 16.5. The molecule has 1 aromatic rings. The maximum atomic E-state index is 13.0. The molecule has 0 aliphatic carbocycles. The third-order valence-electron chi connectivity index (χ3n) is 3.86. The van der Waals surface area contributed by atoms with Crippen LogP contribution >= 0.6 is 0 Å². The zero-order valence-electron chi connectivity index (χ0n) is 13.5. The van der Waals surface area contributed by atoms with E-state index in [0.29, 0.717) is 19.8 Å². The lowest BCUT2D eigenvalue weighted by molar-refractivity contribution is -0.0370. The minimum absolute atomic E-state index is 0.0885. The molecule has 2 rings (SSSR count). The fourth-order valence-corrected chi connectivity index (χ4v) is 2.63. The number of benzene rings is 1. The molecule has 0 spiro atoms. The predicted octanol–water partition coefficient (Wildman–Crippen LogP) is 3.07. The van der Waals surface area contributed by atoms with Crippen LogP contribution < -0.4 is 5.32 Å². The Kier molecular flexibility index (Phi) is 4.88. The van der Waals surface area contributed by atoms with Gasteiger partial charge in [0.2, 0.25) is 0 Å². The van der Waals surface area contributed by atoms with Crippen molar-refractivity contribution in [3.05, 3.63) is 29.3 Å². The highest BCUT2D eigenvalue weighted by molar-refractivity contribution is 6.00. The van der Waals surface area contributed by atoms with Gasteiger partial charge in [0.05, 0.1) is 24.3 Å². The highest BCUT2D eigenvalue weighted by Gasteiger charge is 2.35. The second-order valence-corrected chi connectivity index (χ2v) is 6.30. The van der Waals surface area contributed by atoms with Crippen LogP contribution in [0.5, 0.6) is 0 Å². The molecule has 1 amide bonds. The van der Waals surface area contributed by atoms with Crippen molar-refractivity contribution in [2.45, 2.75) is 39.7 Å². The van der Waals surface area contributed by atoms with Gasteiger partial charge in [-0.1, -0.05) is 18.6 Å². The Bertz CT molecular complexity index is 512. The molecule has 1 aromatic carbocycles. The number of ether oxygens (including phenoxy) is 1. The third-order valence-corrected chi connectivity index (χ3v) is 3.86. The fourth-order valence-electron chi connectivity index (χ4n) is 2.63. The largest absolute Gasteiger partial charge is 0.384 e. The van der Waals surface area contributed by atoms with E-state index in [4.69, 9.17) is 4.74 Å². The zero-order chi connectivity index (χ0) is 15.5. The van der Waals surface area contributed by atoms with Crippen LogP contribution in [0.3, 0.4) is 0 Å². The first-order chi connectivity index (χ1) is 9.95. The van der Waals surface area contributed by atoms with Gasteiger partial charge in [-0.2, -0.15) is 0 Å². The summed E-state index contributed by atoms with van der Waals surface area (Å²) >= 11 is 0. The number of carbonyl (C=O) groups excluding carboxylic acids is 1. The monoisotopic (exact) mass is 290 g/mol. The van der Waals surface area contributed by atoms with Crippen LogP contribution in [0.15, 0.2) is 18.2 Å². The summed E-state index contributed by atoms with van der Waals surface area (Å²) in [5.41, 5.74) is 2.53. The predicted molar refractivity (Wildman–Crippen MR) is 85.9 cm³/mol. The Morgan fingerprint density at radius 1 is 1.43 bits per heavy atom. The number of hydrogen-bond donors (Lipinski definition) is 1. The van der Waals surface area contributed by atoms with Gasteiger partial charge in [0, 0.05) is 18.8 Å². The lowest BCUT2D eigenvalue weighted by Crippen LogP contribution is -2.55. The summed E-state index contributed by atoms with van der Waals surface area (Å²) in [6.45, 7) is 11.0. The zero-order valence-corrected chi connectivity index (χ0v) is 13.5. The quantitative estimate of drug-likeness (QED) is 0.926. The van der Waals surface area contributed by atoms with E-state index in [1.807, 2.05) is 30.0 Å². The summed E-state index contributed by atoms with van der Waals surface area (Å²) in [7, 11) is 0. The van der Waals surface area contributed by atoms with Gasteiger partial charge in [-0.05, 0) is 39.3 Å². The van der Waals surface area contributed by atoms with Crippen LogP contribution in [-0.4, -0.2) is 42.6 Å². The number of nitrogens with one attached hydrogen (secondary N) is 1. The summed E-state index contributed by atoms with van der Waals surface area (Å²) < 4.78 is 5.51. The van der Waals surface area contributed by atoms with Crippen LogP contribution in [0, 0.1) is 6.92 Å². The lowest BCUT2D eigenvalue weighted by atomic mass is 9.99. The first kappa shape index (κ1) is 15.8. The molecule has 1 fully saturated rings. The van der Waals surface area contributed by atoms with Gasteiger partial charge in [-0.3, -0.25) is 4.79 Å². The average molecular weight is 290 g/mol. The Balaban J connectivity index is 2.30. The highest BCUT2D eigenvalue weighted by Crippen LogP contribution is 2.26. The summed E-state index contributed by atoms with van der Waals surface area (Å²) in [5.74, 6) is 0.0885. The van der Waals surface area contributed by atoms with E-state index >= 15 is 0 Å². The molecule has 4 nitrogen and oxygen atoms in total. The van der Waals surface area contributed by atoms with E-state index < -0.39 is 0 Å². The molecule has 0 radical (unpaired) electrons. The van der Waals surface area contributed by atoms with E-state index in [1.54, 1.807) is 0 Å². The molecule has 1 aliphatic rings. The van der Waals surface area contributed by atoms with Crippen LogP contribution in [-0.2, 0) is 4.74 Å². The van der Waals surface area contributed by atoms with Gasteiger partial charge in [-0.25, -0.2) is 0 Å². The summed E-state index contributed by atoms with van der Waals surface area (Å²) in [5, 5.41) is 3.36. The Morgan fingerprint density at radius 2 is 2.19 bits per heavy atom. The van der Waals surface area contributed by atoms with Gasteiger partial charge in [0.25, 0.3) is 5.91 Å². The number of nitrogens with zero attached hydrogens (tertiary/aromatic N) is 1. The number of anilines is 1. The number of hydrogen-bond acceptors (Lipinski definition) is 3. The van der Waals surface area contributed by atoms with Crippen molar-refractivity contribution in [3.8, 4) is 0 Å². The Morgan fingerprint density at radius 3 is 2.86 bits per heavy atom. The smallest absolute Gasteiger partial charge is 0.256 e. The van der Waals surface area contributed by atoms with Gasteiger partial charge in [0.1, 0.15) is 0 Å². The molecule has 0 saturated carbocycles. The first-order valence-corrected chi connectivity index (χ1v) is 7.70. The molecular weight excluding hydrogens is 264 g/mol. The molecule has 0 unspecified atom stereocenters. The first-order valence-electron chi connectivity index (χ1n) is 7.70. The maximum absolute atomic E-state index is 13.0. The molecule has 0 atom stereocenters. The third kappa shape index (κ3) is 3.56. The van der Waals surface area contributed by atoms with Crippen LogP contribution in [0.4, 0.5) is 5.69 Å². The lowest BCUT2D eigenvalue weighted by Gasteiger charge is -2.42. The molecule has 1 N–H and O–H groups in total. The van der Waals surface area contributed by atoms with Crippen LogP contribution in [0.25, 0.3) is 0 Å². The number of amides is 1. The molecule has 0 bridgehead atoms. The summed E-state index contributed by atoms with van der Waals surface area (Å²) in [4.78, 5) is 14.9. The molecule has 116 valence electrons. The fraction of sp³-hybridized carbons (Fsp3) is 0.588. The van der Waals surface area contributed by atoms with Crippen molar-refractivity contribution < 1.29 is 9.53 Å². The van der Waals surface area contributed by atoms with Crippen molar-refractivity contribution in [1.29, 1.82) is 0 Å². The van der Waals surface area contributed by atoms with Gasteiger partial charge < -0.3 is 15.0 Å². The molecular formula is C17H26N2O2. The number of carbonyl (C=O) groups is 1. The summed E-state index contributed by atoms with van der Waals surface area (Å²) in [6.07, 6.45) is 1.03. The summed E-state index contributed by atoms with van der Waals surface area (Å²) in [6, 6.07) is 6.02. The molecule has 1 saturated heterocycles. The second kappa shape index (κ2) is 6.48. The second-order valence-electron chi connectivity index (χ2n) is 6.30. The van der Waals surface area contributed by atoms with Gasteiger partial charge >= 0.3 is 0 Å². The van der Waals surface area contributed by atoms with Crippen LogP contribution in [0.1, 0.15) is 43.1 Å². The molecule has 0 aromatic heterocycles. The average Bonchev–Trinajstić information content (AvgIpc) is 2.45. The van der Waals surface area contributed by atoms with Crippen molar-refractivity contribution in [1.82, 2.24) is 4.90 Å². The molecule has 1 heterocycles. The van der Waals surface area contributed by atoms with E-state index in [-0.39, 0.29) is 11.4 Å². The van der Waals surface area contributed by atoms with E-state index in [0.717, 1.165) is 29.8 Å². The van der Waals surface area contributed by atoms with E-state index in [2.05, 4.69) is 26.1 Å². The minimum Gasteiger partial charge on any atom is -0.384 e. The normalized spacial score (nSPS) is 17.6.